The molecule has 0 aromatic heterocycles. The van der Waals surface area contributed by atoms with Gasteiger partial charge in [0.2, 0.25) is 0 Å². The van der Waals surface area contributed by atoms with Gasteiger partial charge in [-0.15, -0.1) is 0 Å². The molecular weight excluding hydrogens is 245 g/mol. The second-order valence-electron chi connectivity index (χ2n) is 2.84. The van der Waals surface area contributed by atoms with E-state index in [-0.39, 0.29) is 15.6 Å². The Kier molecular flexibility index (Phi) is 2.07. The molecule has 0 spiro atoms. The fraction of sp³-hybridized carbons (Fsp3) is 0.833. The van der Waals surface area contributed by atoms with E-state index < -0.39 is 0 Å². The van der Waals surface area contributed by atoms with Crippen LogP contribution in [0, 0.1) is 0 Å². The van der Waals surface area contributed by atoms with Gasteiger partial charge in [0.05, 0.1) is 9.97 Å². The van der Waals surface area contributed by atoms with Crippen LogP contribution in [0.1, 0.15) is 13.8 Å². The van der Waals surface area contributed by atoms with Crippen LogP contribution in [-0.2, 0) is 4.74 Å². The summed E-state index contributed by atoms with van der Waals surface area (Å²) in [6, 6.07) is 0. The van der Waals surface area contributed by atoms with Crippen LogP contribution in [-0.4, -0.2) is 22.2 Å². The molecule has 0 radical (unpaired) electrons. The first-order valence-corrected chi connectivity index (χ1v) is 4.21. The molecule has 10 heavy (non-hydrogen) atoms. The number of amides is 1. The third-order valence-electron chi connectivity index (χ3n) is 1.45. The average Bonchev–Trinajstić information content (AvgIpc) is 2.11. The minimum absolute atomic E-state index is 0.0144. The van der Waals surface area contributed by atoms with Gasteiger partial charge in [-0.1, -0.05) is 22.6 Å². The van der Waals surface area contributed by atoms with Crippen LogP contribution in [0.3, 0.4) is 0 Å². The predicted molar refractivity (Wildman–Crippen MR) is 46.4 cm³/mol. The van der Waals surface area contributed by atoms with Crippen molar-refractivity contribution in [1.82, 2.24) is 5.32 Å². The van der Waals surface area contributed by atoms with Gasteiger partial charge in [0.25, 0.3) is 0 Å². The van der Waals surface area contributed by atoms with E-state index in [0.717, 1.165) is 0 Å². The predicted octanol–water partition coefficient (Wildman–Crippen LogP) is 1.31. The number of hydrogen-bond donors (Lipinski definition) is 1. The van der Waals surface area contributed by atoms with Gasteiger partial charge in [0.1, 0.15) is 6.10 Å². The molecule has 1 rings (SSSR count). The minimum atomic E-state index is -0.297. The highest BCUT2D eigenvalue weighted by Gasteiger charge is 2.34. The molecule has 1 unspecified atom stereocenters. The summed E-state index contributed by atoms with van der Waals surface area (Å²) < 4.78 is 4.99. The minimum Gasteiger partial charge on any atom is -0.443 e. The quantitative estimate of drug-likeness (QED) is 0.566. The van der Waals surface area contributed by atoms with Crippen molar-refractivity contribution < 1.29 is 9.53 Å². The van der Waals surface area contributed by atoms with Crippen molar-refractivity contribution >= 4 is 28.7 Å². The first-order valence-electron chi connectivity index (χ1n) is 3.13. The monoisotopic (exact) mass is 255 g/mol. The Morgan fingerprint density at radius 1 is 1.80 bits per heavy atom. The number of carbonyl (C=O) groups excluding carboxylic acids is 1. The second kappa shape index (κ2) is 2.56. The molecule has 0 saturated carbocycles. The van der Waals surface area contributed by atoms with Crippen LogP contribution in [0.25, 0.3) is 0 Å². The number of cyclic esters (lactones) is 1. The molecule has 3 nitrogen and oxygen atoms in total. The molecular formula is C6H10INO2. The zero-order chi connectivity index (χ0) is 7.78. The fourth-order valence-corrected chi connectivity index (χ4v) is 1.12. The maximum absolute atomic E-state index is 10.6. The number of carbonyl (C=O) groups is 1. The van der Waals surface area contributed by atoms with Crippen molar-refractivity contribution in [2.75, 3.05) is 6.54 Å². The van der Waals surface area contributed by atoms with E-state index in [0.29, 0.717) is 6.54 Å². The number of hydrogen-bond acceptors (Lipinski definition) is 2. The summed E-state index contributed by atoms with van der Waals surface area (Å²) in [5, 5.41) is 2.61. The number of alkyl carbamates (subject to hydrolysis) is 1. The first-order chi connectivity index (χ1) is 4.50. The van der Waals surface area contributed by atoms with Crippen LogP contribution in [0.4, 0.5) is 4.79 Å². The van der Waals surface area contributed by atoms with Crippen molar-refractivity contribution in [1.29, 1.82) is 0 Å². The van der Waals surface area contributed by atoms with Gasteiger partial charge in [0, 0.05) is 0 Å². The number of halogens is 1. The first kappa shape index (κ1) is 8.10. The van der Waals surface area contributed by atoms with E-state index in [2.05, 4.69) is 27.9 Å². The molecule has 0 aliphatic carbocycles. The summed E-state index contributed by atoms with van der Waals surface area (Å²) in [5.41, 5.74) is 0. The Labute approximate surface area is 73.6 Å². The van der Waals surface area contributed by atoms with Gasteiger partial charge in [-0.2, -0.15) is 0 Å². The van der Waals surface area contributed by atoms with Crippen molar-refractivity contribution in [3.05, 3.63) is 0 Å². The molecule has 0 aromatic rings. The lowest BCUT2D eigenvalue weighted by Crippen LogP contribution is -2.32. The molecule has 1 saturated heterocycles. The molecule has 1 fully saturated rings. The molecule has 1 amide bonds. The van der Waals surface area contributed by atoms with Crippen LogP contribution < -0.4 is 5.32 Å². The van der Waals surface area contributed by atoms with E-state index in [9.17, 15) is 4.79 Å². The summed E-state index contributed by atoms with van der Waals surface area (Å²) in [6.07, 6.45) is -0.282. The Morgan fingerprint density at radius 2 is 2.40 bits per heavy atom. The summed E-state index contributed by atoms with van der Waals surface area (Å²) in [7, 11) is 0. The van der Waals surface area contributed by atoms with Crippen LogP contribution >= 0.6 is 22.6 Å². The Hall–Kier alpha value is 0. The van der Waals surface area contributed by atoms with Crippen molar-refractivity contribution in [2.45, 2.75) is 23.4 Å². The highest BCUT2D eigenvalue weighted by Crippen LogP contribution is 2.25. The zero-order valence-electron chi connectivity index (χ0n) is 5.98. The summed E-state index contributed by atoms with van der Waals surface area (Å²) >= 11 is 2.27. The lowest BCUT2D eigenvalue weighted by molar-refractivity contribution is 0.128. The van der Waals surface area contributed by atoms with Gasteiger partial charge in [-0.05, 0) is 13.8 Å². The fourth-order valence-electron chi connectivity index (χ4n) is 0.771. The van der Waals surface area contributed by atoms with Gasteiger partial charge in [-0.25, -0.2) is 4.79 Å². The van der Waals surface area contributed by atoms with E-state index in [1.807, 2.05) is 13.8 Å². The molecule has 0 aromatic carbocycles. The number of nitrogens with one attached hydrogen (secondary N) is 1. The summed E-state index contributed by atoms with van der Waals surface area (Å²) in [5.74, 6) is 0. The maximum Gasteiger partial charge on any atom is 0.407 e. The Morgan fingerprint density at radius 3 is 2.60 bits per heavy atom. The highest BCUT2D eigenvalue weighted by molar-refractivity contribution is 14.1. The molecule has 1 aliphatic heterocycles. The zero-order valence-corrected chi connectivity index (χ0v) is 8.14. The second-order valence-corrected chi connectivity index (χ2v) is 5.62. The van der Waals surface area contributed by atoms with Crippen LogP contribution in [0.2, 0.25) is 0 Å². The van der Waals surface area contributed by atoms with Crippen LogP contribution in [0.5, 0.6) is 0 Å². The largest absolute Gasteiger partial charge is 0.443 e. The Balaban J connectivity index is 2.53. The lowest BCUT2D eigenvalue weighted by atomic mass is 10.1. The topological polar surface area (TPSA) is 38.3 Å². The van der Waals surface area contributed by atoms with Crippen molar-refractivity contribution in [3.8, 4) is 0 Å². The van der Waals surface area contributed by atoms with Crippen LogP contribution in [0.15, 0.2) is 0 Å². The molecule has 58 valence electrons. The third kappa shape index (κ3) is 1.74. The summed E-state index contributed by atoms with van der Waals surface area (Å²) in [6.45, 7) is 4.71. The standard InChI is InChI=1S/C6H10INO2/c1-6(2,7)4-3-8-5(9)10-4/h4H,3H2,1-2H3,(H,8,9). The van der Waals surface area contributed by atoms with Gasteiger partial charge >= 0.3 is 6.09 Å². The van der Waals surface area contributed by atoms with E-state index in [4.69, 9.17) is 4.74 Å². The van der Waals surface area contributed by atoms with Crippen molar-refractivity contribution in [3.63, 3.8) is 0 Å². The highest BCUT2D eigenvalue weighted by atomic mass is 127. The van der Waals surface area contributed by atoms with E-state index >= 15 is 0 Å². The number of alkyl halides is 1. The van der Waals surface area contributed by atoms with E-state index in [1.165, 1.54) is 0 Å². The van der Waals surface area contributed by atoms with Gasteiger partial charge in [0.15, 0.2) is 0 Å². The summed E-state index contributed by atoms with van der Waals surface area (Å²) in [4.78, 5) is 10.6. The van der Waals surface area contributed by atoms with Gasteiger partial charge < -0.3 is 10.1 Å². The Bertz CT molecular complexity index is 152. The normalized spacial score (nSPS) is 25.9. The SMILES string of the molecule is CC(C)(I)C1CNC(=O)O1. The van der Waals surface area contributed by atoms with Crippen molar-refractivity contribution in [2.24, 2.45) is 0 Å². The number of rotatable bonds is 1. The molecule has 0 bridgehead atoms. The van der Waals surface area contributed by atoms with E-state index in [1.54, 1.807) is 0 Å². The molecule has 1 heterocycles. The maximum atomic E-state index is 10.6. The molecule has 1 N–H and O–H groups in total. The smallest absolute Gasteiger partial charge is 0.407 e. The third-order valence-corrected chi connectivity index (χ3v) is 2.14. The number of ether oxygens (including phenoxy) is 1. The van der Waals surface area contributed by atoms with Gasteiger partial charge in [-0.3, -0.25) is 0 Å². The average molecular weight is 255 g/mol. The molecule has 4 heteroatoms. The molecule has 1 aliphatic rings. The lowest BCUT2D eigenvalue weighted by Gasteiger charge is -2.21. The molecule has 1 atom stereocenters.